The Bertz CT molecular complexity index is 537. The van der Waals surface area contributed by atoms with Crippen LogP contribution in [0, 0.1) is 11.6 Å². The van der Waals surface area contributed by atoms with Crippen molar-refractivity contribution in [2.75, 3.05) is 23.3 Å². The van der Waals surface area contributed by atoms with Crippen molar-refractivity contribution in [1.82, 2.24) is 0 Å². The minimum atomic E-state index is -3.12. The number of nitrogen functional groups attached to an aromatic ring is 1. The first-order chi connectivity index (χ1) is 8.40. The van der Waals surface area contributed by atoms with Crippen LogP contribution in [-0.2, 0) is 9.84 Å². The molecule has 1 saturated heterocycles. The standard InChI is InChI=1S/C11H14F2N2O2S/c12-9-4-7(14)5-10(13)11(9)15-6-8-2-1-3-18(8,16)17/h4-5,8,15H,1-3,6,14H2. The molecule has 100 valence electrons. The fourth-order valence-corrected chi connectivity index (χ4v) is 3.83. The van der Waals surface area contributed by atoms with Crippen LogP contribution in [0.25, 0.3) is 0 Å². The number of hydrogen-bond donors (Lipinski definition) is 2. The SMILES string of the molecule is Nc1cc(F)c(NCC2CCCS2(=O)=O)c(F)c1. The second kappa shape index (κ2) is 4.72. The van der Waals surface area contributed by atoms with Gasteiger partial charge in [0.1, 0.15) is 5.69 Å². The number of nitrogens with one attached hydrogen (secondary N) is 1. The summed E-state index contributed by atoms with van der Waals surface area (Å²) in [4.78, 5) is 0. The van der Waals surface area contributed by atoms with Crippen LogP contribution in [-0.4, -0.2) is 26.0 Å². The number of nitrogens with two attached hydrogens (primary N) is 1. The highest BCUT2D eigenvalue weighted by Crippen LogP contribution is 2.24. The second-order valence-electron chi connectivity index (χ2n) is 4.37. The summed E-state index contributed by atoms with van der Waals surface area (Å²) in [5.74, 6) is -1.49. The van der Waals surface area contributed by atoms with Crippen LogP contribution in [0.3, 0.4) is 0 Å². The summed E-state index contributed by atoms with van der Waals surface area (Å²) in [6.07, 6.45) is 1.12. The molecular weight excluding hydrogens is 262 g/mol. The van der Waals surface area contributed by atoms with Gasteiger partial charge in [0.05, 0.1) is 11.0 Å². The number of anilines is 2. The molecule has 1 atom stereocenters. The van der Waals surface area contributed by atoms with E-state index >= 15 is 0 Å². The van der Waals surface area contributed by atoms with Crippen molar-refractivity contribution < 1.29 is 17.2 Å². The fourth-order valence-electron chi connectivity index (χ4n) is 2.06. The first-order valence-corrected chi connectivity index (χ1v) is 7.31. The van der Waals surface area contributed by atoms with E-state index in [-0.39, 0.29) is 23.7 Å². The number of hydrogen-bond acceptors (Lipinski definition) is 4. The number of rotatable bonds is 3. The summed E-state index contributed by atoms with van der Waals surface area (Å²) in [7, 11) is -3.12. The zero-order chi connectivity index (χ0) is 13.3. The maximum atomic E-state index is 13.4. The molecule has 1 aliphatic heterocycles. The number of sulfone groups is 1. The molecule has 0 aliphatic carbocycles. The van der Waals surface area contributed by atoms with E-state index in [0.717, 1.165) is 12.1 Å². The largest absolute Gasteiger partial charge is 0.399 e. The third-order valence-electron chi connectivity index (χ3n) is 3.03. The molecule has 3 N–H and O–H groups in total. The molecular formula is C11H14F2N2O2S. The van der Waals surface area contributed by atoms with Gasteiger partial charge in [0.15, 0.2) is 21.5 Å². The molecule has 2 rings (SSSR count). The fraction of sp³-hybridized carbons (Fsp3) is 0.455. The molecule has 0 spiro atoms. The third kappa shape index (κ3) is 2.55. The van der Waals surface area contributed by atoms with Gasteiger partial charge in [0.25, 0.3) is 0 Å². The molecule has 18 heavy (non-hydrogen) atoms. The molecule has 0 aromatic heterocycles. The monoisotopic (exact) mass is 276 g/mol. The van der Waals surface area contributed by atoms with Gasteiger partial charge >= 0.3 is 0 Å². The van der Waals surface area contributed by atoms with E-state index < -0.39 is 26.7 Å². The van der Waals surface area contributed by atoms with Crippen LogP contribution in [0.2, 0.25) is 0 Å². The lowest BCUT2D eigenvalue weighted by molar-refractivity contribution is 0.581. The molecule has 4 nitrogen and oxygen atoms in total. The van der Waals surface area contributed by atoms with Crippen LogP contribution in [0.5, 0.6) is 0 Å². The first kappa shape index (κ1) is 13.1. The van der Waals surface area contributed by atoms with Crippen molar-refractivity contribution in [3.05, 3.63) is 23.8 Å². The topological polar surface area (TPSA) is 72.2 Å². The van der Waals surface area contributed by atoms with Gasteiger partial charge in [-0.05, 0) is 25.0 Å². The Hall–Kier alpha value is -1.37. The molecule has 0 bridgehead atoms. The summed E-state index contributed by atoms with van der Waals surface area (Å²) in [6.45, 7) is 0.0140. The predicted molar refractivity (Wildman–Crippen MR) is 66.1 cm³/mol. The molecule has 1 aliphatic rings. The third-order valence-corrected chi connectivity index (χ3v) is 5.31. The summed E-state index contributed by atoms with van der Waals surface area (Å²) in [6, 6.07) is 1.99. The van der Waals surface area contributed by atoms with E-state index in [2.05, 4.69) is 5.32 Å². The van der Waals surface area contributed by atoms with Crippen LogP contribution < -0.4 is 11.1 Å². The molecule has 0 radical (unpaired) electrons. The Kier molecular flexibility index (Phi) is 3.43. The Labute approximate surface area is 104 Å². The number of halogens is 2. The highest BCUT2D eigenvalue weighted by atomic mass is 32.2. The van der Waals surface area contributed by atoms with Crippen molar-refractivity contribution in [3.63, 3.8) is 0 Å². The molecule has 1 aromatic rings. The normalized spacial score (nSPS) is 22.0. The van der Waals surface area contributed by atoms with Gasteiger partial charge in [0, 0.05) is 12.2 Å². The van der Waals surface area contributed by atoms with E-state index in [1.807, 2.05) is 0 Å². The highest BCUT2D eigenvalue weighted by molar-refractivity contribution is 7.92. The van der Waals surface area contributed by atoms with E-state index in [9.17, 15) is 17.2 Å². The summed E-state index contributed by atoms with van der Waals surface area (Å²) >= 11 is 0. The quantitative estimate of drug-likeness (QED) is 0.821. The predicted octanol–water partition coefficient (Wildman–Crippen LogP) is 1.54. The van der Waals surface area contributed by atoms with E-state index in [1.54, 1.807) is 0 Å². The molecule has 1 aromatic carbocycles. The Morgan fingerprint density at radius 3 is 2.44 bits per heavy atom. The second-order valence-corrected chi connectivity index (χ2v) is 6.77. The molecule has 1 unspecified atom stereocenters. The minimum absolute atomic E-state index is 0.0102. The first-order valence-electron chi connectivity index (χ1n) is 5.60. The summed E-state index contributed by atoms with van der Waals surface area (Å²) in [5, 5.41) is 1.95. The lowest BCUT2D eigenvalue weighted by Gasteiger charge is -2.13. The Balaban J connectivity index is 2.12. The summed E-state index contributed by atoms with van der Waals surface area (Å²) < 4.78 is 50.0. The minimum Gasteiger partial charge on any atom is -0.399 e. The average molecular weight is 276 g/mol. The molecule has 7 heteroatoms. The lowest BCUT2D eigenvalue weighted by Crippen LogP contribution is -2.25. The maximum Gasteiger partial charge on any atom is 0.154 e. The van der Waals surface area contributed by atoms with Crippen molar-refractivity contribution in [1.29, 1.82) is 0 Å². The van der Waals surface area contributed by atoms with Crippen LogP contribution in [0.4, 0.5) is 20.2 Å². The van der Waals surface area contributed by atoms with Crippen molar-refractivity contribution in [2.24, 2.45) is 0 Å². The van der Waals surface area contributed by atoms with Gasteiger partial charge in [-0.25, -0.2) is 17.2 Å². The zero-order valence-corrected chi connectivity index (χ0v) is 10.4. The molecule has 1 heterocycles. The smallest absolute Gasteiger partial charge is 0.154 e. The Morgan fingerprint density at radius 1 is 1.33 bits per heavy atom. The van der Waals surface area contributed by atoms with Crippen molar-refractivity contribution >= 4 is 21.2 Å². The molecule has 0 saturated carbocycles. The molecule has 1 fully saturated rings. The van der Waals surface area contributed by atoms with Crippen LogP contribution in [0.1, 0.15) is 12.8 Å². The van der Waals surface area contributed by atoms with E-state index in [4.69, 9.17) is 5.73 Å². The van der Waals surface area contributed by atoms with Crippen LogP contribution >= 0.6 is 0 Å². The summed E-state index contributed by atoms with van der Waals surface area (Å²) in [5.41, 5.74) is 4.95. The average Bonchev–Trinajstić information content (AvgIpc) is 2.56. The van der Waals surface area contributed by atoms with Crippen molar-refractivity contribution in [2.45, 2.75) is 18.1 Å². The van der Waals surface area contributed by atoms with Crippen molar-refractivity contribution in [3.8, 4) is 0 Å². The van der Waals surface area contributed by atoms with Crippen LogP contribution in [0.15, 0.2) is 12.1 Å². The highest BCUT2D eigenvalue weighted by Gasteiger charge is 2.31. The van der Waals surface area contributed by atoms with Gasteiger partial charge in [-0.3, -0.25) is 0 Å². The van der Waals surface area contributed by atoms with E-state index in [1.165, 1.54) is 0 Å². The van der Waals surface area contributed by atoms with E-state index in [0.29, 0.717) is 12.8 Å². The van der Waals surface area contributed by atoms with Gasteiger partial charge in [0.2, 0.25) is 0 Å². The van der Waals surface area contributed by atoms with Gasteiger partial charge < -0.3 is 11.1 Å². The molecule has 0 amide bonds. The number of benzene rings is 1. The van der Waals surface area contributed by atoms with Gasteiger partial charge in [-0.1, -0.05) is 0 Å². The maximum absolute atomic E-state index is 13.4. The lowest BCUT2D eigenvalue weighted by atomic mass is 10.2. The van der Waals surface area contributed by atoms with Gasteiger partial charge in [-0.2, -0.15) is 0 Å². The Morgan fingerprint density at radius 2 is 1.94 bits per heavy atom. The zero-order valence-electron chi connectivity index (χ0n) is 9.62. The van der Waals surface area contributed by atoms with Gasteiger partial charge in [-0.15, -0.1) is 0 Å².